The number of benzene rings is 1. The Labute approximate surface area is 133 Å². The predicted molar refractivity (Wildman–Crippen MR) is 81.7 cm³/mol. The number of amides is 1. The van der Waals surface area contributed by atoms with Crippen molar-refractivity contribution in [2.24, 2.45) is 5.41 Å². The zero-order valence-corrected chi connectivity index (χ0v) is 13.0. The summed E-state index contributed by atoms with van der Waals surface area (Å²) in [5.74, 6) is -0.972. The topological polar surface area (TPSA) is 66.4 Å². The first-order chi connectivity index (χ1) is 9.90. The van der Waals surface area contributed by atoms with Crippen LogP contribution in [0.2, 0.25) is 10.0 Å². The second-order valence-corrected chi connectivity index (χ2v) is 6.46. The van der Waals surface area contributed by atoms with Gasteiger partial charge in [-0.3, -0.25) is 9.59 Å². The first-order valence-corrected chi connectivity index (χ1v) is 7.58. The van der Waals surface area contributed by atoms with E-state index >= 15 is 0 Å². The molecule has 21 heavy (non-hydrogen) atoms. The van der Waals surface area contributed by atoms with Gasteiger partial charge in [0.15, 0.2) is 0 Å². The molecule has 0 bridgehead atoms. The molecule has 1 aliphatic rings. The first-order valence-electron chi connectivity index (χ1n) is 6.83. The predicted octanol–water partition coefficient (Wildman–Crippen LogP) is 3.30. The smallest absolute Gasteiger partial charge is 0.303 e. The Kier molecular flexibility index (Phi) is 5.12. The minimum absolute atomic E-state index is 0.106. The van der Waals surface area contributed by atoms with E-state index in [1.807, 2.05) is 0 Å². The Morgan fingerprint density at radius 1 is 1.29 bits per heavy atom. The Balaban J connectivity index is 1.88. The molecule has 0 radical (unpaired) electrons. The highest BCUT2D eigenvalue weighted by Crippen LogP contribution is 2.43. The zero-order chi connectivity index (χ0) is 15.5. The highest BCUT2D eigenvalue weighted by Gasteiger charge is 2.39. The van der Waals surface area contributed by atoms with E-state index in [2.05, 4.69) is 5.32 Å². The van der Waals surface area contributed by atoms with Crippen molar-refractivity contribution in [1.82, 2.24) is 5.32 Å². The largest absolute Gasteiger partial charge is 0.481 e. The van der Waals surface area contributed by atoms with Crippen molar-refractivity contribution in [1.29, 1.82) is 0 Å². The van der Waals surface area contributed by atoms with Crippen molar-refractivity contribution in [2.45, 2.75) is 32.1 Å². The van der Waals surface area contributed by atoms with Gasteiger partial charge in [-0.05, 0) is 36.0 Å². The molecule has 0 unspecified atom stereocenters. The average molecular weight is 330 g/mol. The van der Waals surface area contributed by atoms with Crippen molar-refractivity contribution in [3.8, 4) is 0 Å². The van der Waals surface area contributed by atoms with Crippen LogP contribution in [0.3, 0.4) is 0 Å². The van der Waals surface area contributed by atoms with Gasteiger partial charge in [-0.25, -0.2) is 0 Å². The van der Waals surface area contributed by atoms with Crippen molar-refractivity contribution < 1.29 is 14.7 Å². The Hall–Kier alpha value is -1.26. The number of carboxylic acids is 1. The van der Waals surface area contributed by atoms with Crippen molar-refractivity contribution in [3.05, 3.63) is 33.8 Å². The summed E-state index contributed by atoms with van der Waals surface area (Å²) in [7, 11) is 0. The van der Waals surface area contributed by atoms with Crippen LogP contribution in [-0.2, 0) is 16.0 Å². The number of nitrogens with one attached hydrogen (secondary N) is 1. The van der Waals surface area contributed by atoms with E-state index in [4.69, 9.17) is 28.3 Å². The van der Waals surface area contributed by atoms with Crippen molar-refractivity contribution >= 4 is 35.1 Å². The number of carbonyl (C=O) groups is 2. The van der Waals surface area contributed by atoms with Gasteiger partial charge in [-0.1, -0.05) is 35.7 Å². The summed E-state index contributed by atoms with van der Waals surface area (Å²) in [6.07, 6.45) is 2.99. The summed E-state index contributed by atoms with van der Waals surface area (Å²) in [6, 6.07) is 5.01. The summed E-state index contributed by atoms with van der Waals surface area (Å²) in [5, 5.41) is 12.7. The second kappa shape index (κ2) is 6.67. The molecule has 0 heterocycles. The van der Waals surface area contributed by atoms with Crippen molar-refractivity contribution in [2.75, 3.05) is 6.54 Å². The van der Waals surface area contributed by atoms with Gasteiger partial charge in [-0.15, -0.1) is 0 Å². The van der Waals surface area contributed by atoms with E-state index in [9.17, 15) is 9.59 Å². The molecule has 1 aromatic rings. The highest BCUT2D eigenvalue weighted by atomic mass is 35.5. The number of hydrogen-bond acceptors (Lipinski definition) is 2. The summed E-state index contributed by atoms with van der Waals surface area (Å²) < 4.78 is 0. The molecular weight excluding hydrogens is 313 g/mol. The van der Waals surface area contributed by atoms with Crippen LogP contribution < -0.4 is 5.32 Å². The van der Waals surface area contributed by atoms with Crippen molar-refractivity contribution in [3.63, 3.8) is 0 Å². The van der Waals surface area contributed by atoms with E-state index in [0.29, 0.717) is 22.2 Å². The number of hydrogen-bond donors (Lipinski definition) is 2. The Bertz CT molecular complexity index is 556. The lowest BCUT2D eigenvalue weighted by molar-refractivity contribution is -0.141. The van der Waals surface area contributed by atoms with Gasteiger partial charge in [-0.2, -0.15) is 0 Å². The summed E-state index contributed by atoms with van der Waals surface area (Å²) >= 11 is 11.8. The molecule has 1 aliphatic carbocycles. The zero-order valence-electron chi connectivity index (χ0n) is 11.5. The van der Waals surface area contributed by atoms with Gasteiger partial charge in [0.2, 0.25) is 5.91 Å². The van der Waals surface area contributed by atoms with E-state index in [1.165, 1.54) is 0 Å². The maximum atomic E-state index is 12.0. The van der Waals surface area contributed by atoms with Crippen LogP contribution in [0.5, 0.6) is 0 Å². The summed E-state index contributed by atoms with van der Waals surface area (Å²) in [5.41, 5.74) is 0.435. The molecule has 1 amide bonds. The third kappa shape index (κ3) is 4.35. The Morgan fingerprint density at radius 2 is 2.00 bits per heavy atom. The normalized spacial score (nSPS) is 16.1. The lowest BCUT2D eigenvalue weighted by atomic mass is 9.66. The lowest BCUT2D eigenvalue weighted by Gasteiger charge is -2.40. The molecule has 6 heteroatoms. The Morgan fingerprint density at radius 3 is 2.52 bits per heavy atom. The van der Waals surface area contributed by atoms with Crippen LogP contribution in [0.25, 0.3) is 0 Å². The fraction of sp³-hybridized carbons (Fsp3) is 0.467. The van der Waals surface area contributed by atoms with Gasteiger partial charge in [0.25, 0.3) is 0 Å². The molecule has 1 saturated carbocycles. The van der Waals surface area contributed by atoms with Crippen LogP contribution in [-0.4, -0.2) is 23.5 Å². The van der Waals surface area contributed by atoms with Gasteiger partial charge >= 0.3 is 5.97 Å². The number of carbonyl (C=O) groups excluding carboxylic acids is 1. The minimum Gasteiger partial charge on any atom is -0.481 e. The van der Waals surface area contributed by atoms with Crippen LogP contribution in [0.4, 0.5) is 0 Å². The number of halogens is 2. The number of carboxylic acid groups (broad SMARTS) is 1. The maximum Gasteiger partial charge on any atom is 0.303 e. The molecule has 0 aliphatic heterocycles. The van der Waals surface area contributed by atoms with Gasteiger partial charge in [0.05, 0.1) is 12.8 Å². The standard InChI is InChI=1S/C15H17Cl2NO3/c16-11-3-2-10(12(17)7-11)6-13(19)18-9-15(4-1-5-15)8-14(20)21/h2-3,7H,1,4-6,8-9H2,(H,18,19)(H,20,21). The van der Waals surface area contributed by atoms with Gasteiger partial charge < -0.3 is 10.4 Å². The molecule has 4 nitrogen and oxygen atoms in total. The third-order valence-electron chi connectivity index (χ3n) is 3.97. The molecule has 2 rings (SSSR count). The molecule has 1 fully saturated rings. The minimum atomic E-state index is -0.815. The summed E-state index contributed by atoms with van der Waals surface area (Å²) in [6.45, 7) is 0.406. The third-order valence-corrected chi connectivity index (χ3v) is 4.55. The average Bonchev–Trinajstić information content (AvgIpc) is 2.35. The fourth-order valence-corrected chi connectivity index (χ4v) is 3.08. The van der Waals surface area contributed by atoms with Gasteiger partial charge in [0, 0.05) is 16.6 Å². The van der Waals surface area contributed by atoms with E-state index in [1.54, 1.807) is 18.2 Å². The number of aliphatic carboxylic acids is 1. The monoisotopic (exact) mass is 329 g/mol. The molecule has 2 N–H and O–H groups in total. The van der Waals surface area contributed by atoms with Crippen LogP contribution in [0.1, 0.15) is 31.2 Å². The maximum absolute atomic E-state index is 12.0. The molecular formula is C15H17Cl2NO3. The van der Waals surface area contributed by atoms with Crippen LogP contribution in [0, 0.1) is 5.41 Å². The highest BCUT2D eigenvalue weighted by molar-refractivity contribution is 6.35. The molecule has 0 aromatic heterocycles. The second-order valence-electron chi connectivity index (χ2n) is 5.61. The van der Waals surface area contributed by atoms with E-state index in [-0.39, 0.29) is 24.2 Å². The molecule has 114 valence electrons. The molecule has 0 atom stereocenters. The van der Waals surface area contributed by atoms with Crippen LogP contribution >= 0.6 is 23.2 Å². The molecule has 0 saturated heterocycles. The lowest BCUT2D eigenvalue weighted by Crippen LogP contribution is -2.43. The molecule has 0 spiro atoms. The fourth-order valence-electron chi connectivity index (χ4n) is 2.60. The SMILES string of the molecule is O=C(O)CC1(CNC(=O)Cc2ccc(Cl)cc2Cl)CCC1. The number of rotatable bonds is 6. The van der Waals surface area contributed by atoms with Gasteiger partial charge in [0.1, 0.15) is 0 Å². The summed E-state index contributed by atoms with van der Waals surface area (Å²) in [4.78, 5) is 22.8. The van der Waals surface area contributed by atoms with E-state index in [0.717, 1.165) is 19.3 Å². The van der Waals surface area contributed by atoms with E-state index < -0.39 is 5.97 Å². The van der Waals surface area contributed by atoms with Crippen LogP contribution in [0.15, 0.2) is 18.2 Å². The molecule has 1 aromatic carbocycles. The first kappa shape index (κ1) is 16.1. The quantitative estimate of drug-likeness (QED) is 0.841.